The molecule has 0 aliphatic carbocycles. The third kappa shape index (κ3) is 2.01. The summed E-state index contributed by atoms with van der Waals surface area (Å²) >= 11 is 0. The van der Waals surface area contributed by atoms with Crippen LogP contribution < -0.4 is 10.5 Å². The summed E-state index contributed by atoms with van der Waals surface area (Å²) in [4.78, 5) is -0.0464. The zero-order valence-corrected chi connectivity index (χ0v) is 9.65. The number of rotatable bonds is 3. The van der Waals surface area contributed by atoms with Crippen LogP contribution in [0.1, 0.15) is 0 Å². The van der Waals surface area contributed by atoms with Crippen molar-refractivity contribution in [2.75, 3.05) is 19.9 Å². The largest absolute Gasteiger partial charge is 0.495 e. The van der Waals surface area contributed by atoms with Crippen LogP contribution in [0.5, 0.6) is 5.75 Å². The van der Waals surface area contributed by atoms with Crippen LogP contribution in [0.15, 0.2) is 23.1 Å². The van der Waals surface area contributed by atoms with Crippen LogP contribution in [0.25, 0.3) is 0 Å². The number of nitriles is 1. The highest BCUT2D eigenvalue weighted by Gasteiger charge is 2.20. The molecule has 0 spiro atoms. The molecule has 0 atom stereocenters. The molecule has 0 heterocycles. The maximum Gasteiger partial charge on any atom is 0.272 e. The average Bonchev–Trinajstić information content (AvgIpc) is 2.27. The fourth-order valence-electron chi connectivity index (χ4n) is 1.08. The van der Waals surface area contributed by atoms with Crippen molar-refractivity contribution in [2.24, 2.45) is 0 Å². The Hall–Kier alpha value is -1.94. The van der Waals surface area contributed by atoms with Crippen molar-refractivity contribution in [2.45, 2.75) is 4.90 Å². The van der Waals surface area contributed by atoms with Gasteiger partial charge in [-0.2, -0.15) is 5.26 Å². The lowest BCUT2D eigenvalue weighted by Gasteiger charge is -2.11. The number of methoxy groups -OCH3 is 1. The zero-order chi connectivity index (χ0) is 12.3. The van der Waals surface area contributed by atoms with E-state index in [2.05, 4.69) is 0 Å². The third-order valence-corrected chi connectivity index (χ3v) is 3.65. The van der Waals surface area contributed by atoms with Crippen LogP contribution in [0, 0.1) is 11.5 Å². The van der Waals surface area contributed by atoms with Crippen molar-refractivity contribution < 1.29 is 13.2 Å². The minimum atomic E-state index is -3.80. The van der Waals surface area contributed by atoms with Gasteiger partial charge >= 0.3 is 0 Å². The second-order valence-corrected chi connectivity index (χ2v) is 4.95. The van der Waals surface area contributed by atoms with Gasteiger partial charge in [0.05, 0.1) is 17.7 Å². The minimum Gasteiger partial charge on any atom is -0.495 e. The predicted octanol–water partition coefficient (Wildman–Crippen LogP) is 0.379. The van der Waals surface area contributed by atoms with E-state index in [1.807, 2.05) is 0 Å². The summed E-state index contributed by atoms with van der Waals surface area (Å²) in [7, 11) is -1.21. The first-order chi connectivity index (χ1) is 7.43. The molecule has 86 valence electrons. The van der Waals surface area contributed by atoms with Gasteiger partial charge in [-0.15, -0.1) is 0 Å². The third-order valence-electron chi connectivity index (χ3n) is 2.00. The second kappa shape index (κ2) is 4.28. The molecule has 0 saturated carbocycles. The van der Waals surface area contributed by atoms with E-state index in [9.17, 15) is 8.42 Å². The molecule has 0 radical (unpaired) electrons. The van der Waals surface area contributed by atoms with E-state index >= 15 is 0 Å². The molecule has 1 rings (SSSR count). The summed E-state index contributed by atoms with van der Waals surface area (Å²) < 4.78 is 28.9. The van der Waals surface area contributed by atoms with Crippen LogP contribution in [0.3, 0.4) is 0 Å². The van der Waals surface area contributed by atoms with Gasteiger partial charge in [-0.25, -0.2) is 12.7 Å². The topological polar surface area (TPSA) is 96.4 Å². The summed E-state index contributed by atoms with van der Waals surface area (Å²) in [5, 5.41) is 8.54. The minimum absolute atomic E-state index is 0.0464. The van der Waals surface area contributed by atoms with E-state index in [0.717, 1.165) is 7.05 Å². The van der Waals surface area contributed by atoms with Gasteiger partial charge in [0.25, 0.3) is 10.0 Å². The Morgan fingerprint density at radius 1 is 1.50 bits per heavy atom. The lowest BCUT2D eigenvalue weighted by molar-refractivity contribution is 0.416. The smallest absolute Gasteiger partial charge is 0.272 e. The van der Waals surface area contributed by atoms with Gasteiger partial charge in [0.1, 0.15) is 5.75 Å². The van der Waals surface area contributed by atoms with Crippen molar-refractivity contribution in [3.63, 3.8) is 0 Å². The standard InChI is InChI=1S/C9H11N3O3S/c1-12(6-10)16(13,14)7-3-4-9(15-2)8(11)5-7/h3-5H,11H2,1-2H3. The molecule has 0 saturated heterocycles. The van der Waals surface area contributed by atoms with E-state index in [4.69, 9.17) is 15.7 Å². The highest BCUT2D eigenvalue weighted by atomic mass is 32.2. The van der Waals surface area contributed by atoms with Crippen LogP contribution in [0.2, 0.25) is 0 Å². The first kappa shape index (κ1) is 12.1. The van der Waals surface area contributed by atoms with Gasteiger partial charge < -0.3 is 10.5 Å². The maximum absolute atomic E-state index is 11.7. The Balaban J connectivity index is 3.27. The van der Waals surface area contributed by atoms with Crippen molar-refractivity contribution >= 4 is 15.7 Å². The van der Waals surface area contributed by atoms with Gasteiger partial charge in [-0.05, 0) is 18.2 Å². The Morgan fingerprint density at radius 2 is 2.12 bits per heavy atom. The summed E-state index contributed by atoms with van der Waals surface area (Å²) in [6.07, 6.45) is 1.53. The van der Waals surface area contributed by atoms with E-state index in [0.29, 0.717) is 10.1 Å². The second-order valence-electron chi connectivity index (χ2n) is 2.98. The number of hydrogen-bond donors (Lipinski definition) is 1. The number of ether oxygens (including phenoxy) is 1. The van der Waals surface area contributed by atoms with Crippen LogP contribution in [0.4, 0.5) is 5.69 Å². The molecule has 0 bridgehead atoms. The number of nitrogens with two attached hydrogens (primary N) is 1. The fourth-order valence-corrected chi connectivity index (χ4v) is 2.02. The predicted molar refractivity (Wildman–Crippen MR) is 58.0 cm³/mol. The van der Waals surface area contributed by atoms with Gasteiger partial charge in [0.15, 0.2) is 6.19 Å². The summed E-state index contributed by atoms with van der Waals surface area (Å²) in [5.74, 6) is 0.388. The van der Waals surface area contributed by atoms with Crippen LogP contribution in [-0.2, 0) is 10.0 Å². The van der Waals surface area contributed by atoms with Crippen LogP contribution in [-0.4, -0.2) is 26.9 Å². The normalized spacial score (nSPS) is 10.6. The van der Waals surface area contributed by atoms with Crippen molar-refractivity contribution in [1.29, 1.82) is 5.26 Å². The number of hydrogen-bond acceptors (Lipinski definition) is 5. The molecular formula is C9H11N3O3S. The highest BCUT2D eigenvalue weighted by Crippen LogP contribution is 2.25. The molecule has 0 aliphatic rings. The van der Waals surface area contributed by atoms with E-state index < -0.39 is 10.0 Å². The van der Waals surface area contributed by atoms with Crippen LogP contribution >= 0.6 is 0 Å². The summed E-state index contributed by atoms with van der Waals surface area (Å²) in [5.41, 5.74) is 5.78. The number of nitrogens with zero attached hydrogens (tertiary/aromatic N) is 2. The molecule has 1 aromatic rings. The zero-order valence-electron chi connectivity index (χ0n) is 8.84. The molecule has 1 aromatic carbocycles. The molecule has 7 heteroatoms. The van der Waals surface area contributed by atoms with Crippen molar-refractivity contribution in [3.8, 4) is 11.9 Å². The summed E-state index contributed by atoms with van der Waals surface area (Å²) in [6.45, 7) is 0. The SMILES string of the molecule is COc1ccc(S(=O)(=O)N(C)C#N)cc1N. The summed E-state index contributed by atoms with van der Waals surface area (Å²) in [6, 6.07) is 4.02. The molecule has 0 unspecified atom stereocenters. The lowest BCUT2D eigenvalue weighted by atomic mass is 10.3. The molecule has 6 nitrogen and oxygen atoms in total. The number of benzene rings is 1. The Kier molecular flexibility index (Phi) is 3.25. The van der Waals surface area contributed by atoms with Gasteiger partial charge in [0, 0.05) is 7.05 Å². The monoisotopic (exact) mass is 241 g/mol. The molecule has 0 aromatic heterocycles. The van der Waals surface area contributed by atoms with Gasteiger partial charge in [-0.1, -0.05) is 0 Å². The highest BCUT2D eigenvalue weighted by molar-refractivity contribution is 7.89. The Bertz CT molecular complexity index is 533. The first-order valence-electron chi connectivity index (χ1n) is 4.25. The lowest BCUT2D eigenvalue weighted by Crippen LogP contribution is -2.21. The van der Waals surface area contributed by atoms with E-state index in [1.165, 1.54) is 31.5 Å². The number of sulfonamides is 1. The van der Waals surface area contributed by atoms with E-state index in [-0.39, 0.29) is 10.6 Å². The Labute approximate surface area is 93.9 Å². The van der Waals surface area contributed by atoms with Crippen molar-refractivity contribution in [1.82, 2.24) is 4.31 Å². The molecule has 0 amide bonds. The fraction of sp³-hybridized carbons (Fsp3) is 0.222. The molecular weight excluding hydrogens is 230 g/mol. The van der Waals surface area contributed by atoms with Crippen molar-refractivity contribution in [3.05, 3.63) is 18.2 Å². The Morgan fingerprint density at radius 3 is 2.56 bits per heavy atom. The van der Waals surface area contributed by atoms with E-state index in [1.54, 1.807) is 0 Å². The molecule has 2 N–H and O–H groups in total. The number of nitrogen functional groups attached to an aromatic ring is 1. The average molecular weight is 241 g/mol. The first-order valence-corrected chi connectivity index (χ1v) is 5.69. The molecule has 16 heavy (non-hydrogen) atoms. The number of anilines is 1. The quantitative estimate of drug-likeness (QED) is 0.468. The van der Waals surface area contributed by atoms with Gasteiger partial charge in [-0.3, -0.25) is 0 Å². The molecule has 0 fully saturated rings. The maximum atomic E-state index is 11.7. The molecule has 0 aliphatic heterocycles. The van der Waals surface area contributed by atoms with Gasteiger partial charge in [0.2, 0.25) is 0 Å².